The molecule has 2 aromatic heterocycles. The first-order valence-corrected chi connectivity index (χ1v) is 9.16. The van der Waals surface area contributed by atoms with Gasteiger partial charge in [-0.15, -0.1) is 0 Å². The predicted octanol–water partition coefficient (Wildman–Crippen LogP) is 4.78. The van der Waals surface area contributed by atoms with E-state index >= 15 is 0 Å². The summed E-state index contributed by atoms with van der Waals surface area (Å²) in [7, 11) is 0. The van der Waals surface area contributed by atoms with Gasteiger partial charge in [-0.2, -0.15) is 0 Å². The van der Waals surface area contributed by atoms with Crippen LogP contribution >= 0.6 is 11.6 Å². The summed E-state index contributed by atoms with van der Waals surface area (Å²) in [5, 5.41) is 3.16. The van der Waals surface area contributed by atoms with Crippen LogP contribution in [0.4, 0.5) is 5.69 Å². The molecule has 1 aliphatic heterocycles. The number of aryl methyl sites for hydroxylation is 1. The van der Waals surface area contributed by atoms with Crippen molar-refractivity contribution >= 4 is 29.3 Å². The monoisotopic (exact) mass is 398 g/mol. The minimum Gasteiger partial charge on any atom is -0.467 e. The maximum absolute atomic E-state index is 12.3. The van der Waals surface area contributed by atoms with Crippen molar-refractivity contribution < 1.29 is 18.7 Å². The van der Waals surface area contributed by atoms with E-state index in [0.717, 1.165) is 22.7 Å². The lowest BCUT2D eigenvalue weighted by Crippen LogP contribution is -2.08. The van der Waals surface area contributed by atoms with E-state index in [0.29, 0.717) is 28.8 Å². The molecule has 0 bridgehead atoms. The van der Waals surface area contributed by atoms with E-state index in [2.05, 4.69) is 9.88 Å². The fraction of sp³-hybridized carbons (Fsp3) is 0.190. The summed E-state index contributed by atoms with van der Waals surface area (Å²) in [6.07, 6.45) is 4.94. The second-order valence-electron chi connectivity index (χ2n) is 6.50. The molecule has 0 saturated heterocycles. The number of nitrogens with one attached hydrogen (secondary N) is 1. The molecular weight excluding hydrogens is 380 g/mol. The topological polar surface area (TPSA) is 65.6 Å². The summed E-state index contributed by atoms with van der Waals surface area (Å²) in [5.41, 5.74) is 3.59. The normalized spacial score (nSPS) is 12.7. The summed E-state index contributed by atoms with van der Waals surface area (Å²) < 4.78 is 18.2. The predicted molar refractivity (Wildman–Crippen MR) is 107 cm³/mol. The Balaban J connectivity index is 1.48. The first-order valence-electron chi connectivity index (χ1n) is 8.78. The van der Waals surface area contributed by atoms with E-state index in [1.165, 1.54) is 6.08 Å². The van der Waals surface area contributed by atoms with Crippen LogP contribution in [-0.4, -0.2) is 17.3 Å². The van der Waals surface area contributed by atoms with Gasteiger partial charge in [0.05, 0.1) is 23.5 Å². The third kappa shape index (κ3) is 3.64. The lowest BCUT2D eigenvalue weighted by molar-refractivity contribution is -0.111. The Bertz CT molecular complexity index is 1050. The Morgan fingerprint density at radius 1 is 1.25 bits per heavy atom. The highest BCUT2D eigenvalue weighted by Gasteiger charge is 2.17. The Labute approximate surface area is 167 Å². The molecule has 0 saturated carbocycles. The molecular formula is C21H19ClN2O4. The molecule has 0 atom stereocenters. The number of aromatic nitrogens is 1. The zero-order valence-corrected chi connectivity index (χ0v) is 16.2. The second-order valence-corrected chi connectivity index (χ2v) is 6.91. The average Bonchev–Trinajstić information content (AvgIpc) is 3.38. The number of amides is 1. The highest BCUT2D eigenvalue weighted by molar-refractivity contribution is 6.34. The van der Waals surface area contributed by atoms with Crippen molar-refractivity contribution in [3.05, 3.63) is 70.4 Å². The molecule has 3 heterocycles. The Morgan fingerprint density at radius 3 is 2.79 bits per heavy atom. The number of anilines is 1. The lowest BCUT2D eigenvalue weighted by atomic mass is 10.2. The molecule has 4 rings (SSSR count). The van der Waals surface area contributed by atoms with Crippen molar-refractivity contribution in [1.82, 2.24) is 4.57 Å². The van der Waals surface area contributed by atoms with Gasteiger partial charge in [-0.3, -0.25) is 4.79 Å². The van der Waals surface area contributed by atoms with Gasteiger partial charge in [0.1, 0.15) is 5.76 Å². The van der Waals surface area contributed by atoms with Crippen LogP contribution < -0.4 is 14.8 Å². The van der Waals surface area contributed by atoms with Crippen molar-refractivity contribution in [1.29, 1.82) is 0 Å². The van der Waals surface area contributed by atoms with Gasteiger partial charge < -0.3 is 23.8 Å². The summed E-state index contributed by atoms with van der Waals surface area (Å²) >= 11 is 6.20. The summed E-state index contributed by atoms with van der Waals surface area (Å²) in [5.74, 6) is 1.73. The van der Waals surface area contributed by atoms with E-state index in [1.807, 2.05) is 32.0 Å². The zero-order chi connectivity index (χ0) is 19.7. The van der Waals surface area contributed by atoms with Crippen LogP contribution in [0, 0.1) is 13.8 Å². The molecule has 7 heteroatoms. The van der Waals surface area contributed by atoms with Crippen LogP contribution in [0.15, 0.2) is 47.1 Å². The highest BCUT2D eigenvalue weighted by atomic mass is 35.5. The van der Waals surface area contributed by atoms with E-state index in [4.69, 9.17) is 25.5 Å². The van der Waals surface area contributed by atoms with Gasteiger partial charge in [0.2, 0.25) is 12.7 Å². The Kier molecular flexibility index (Phi) is 4.88. The van der Waals surface area contributed by atoms with Crippen molar-refractivity contribution in [3.8, 4) is 11.5 Å². The van der Waals surface area contributed by atoms with Crippen LogP contribution in [0.5, 0.6) is 11.5 Å². The lowest BCUT2D eigenvalue weighted by Gasteiger charge is -2.07. The average molecular weight is 399 g/mol. The molecule has 1 aliphatic rings. The summed E-state index contributed by atoms with van der Waals surface area (Å²) in [6.45, 7) is 4.84. The third-order valence-electron chi connectivity index (χ3n) is 4.64. The molecule has 1 N–H and O–H groups in total. The number of ether oxygens (including phenoxy) is 2. The summed E-state index contributed by atoms with van der Waals surface area (Å²) in [4.78, 5) is 12.3. The SMILES string of the molecule is Cc1cc(C=CC(=O)Nc2cc3c(cc2Cl)OCO3)c(C)n1Cc1ccco1. The standard InChI is InChI=1S/C21H19ClN2O4/c1-13-8-15(14(2)24(13)11-16-4-3-7-26-16)5-6-21(25)23-18-10-20-19(9-17(18)22)27-12-28-20/h3-10H,11-12H2,1-2H3,(H,23,25). The van der Waals surface area contributed by atoms with Crippen LogP contribution in [0.3, 0.4) is 0 Å². The van der Waals surface area contributed by atoms with Crippen LogP contribution in [0.25, 0.3) is 6.08 Å². The first kappa shape index (κ1) is 18.3. The molecule has 3 aromatic rings. The van der Waals surface area contributed by atoms with Crippen molar-refractivity contribution in [2.75, 3.05) is 12.1 Å². The molecule has 0 spiro atoms. The Morgan fingerprint density at radius 2 is 2.04 bits per heavy atom. The van der Waals surface area contributed by atoms with E-state index in [1.54, 1.807) is 24.5 Å². The first-order chi connectivity index (χ1) is 13.5. The Hall–Kier alpha value is -3.12. The van der Waals surface area contributed by atoms with E-state index in [9.17, 15) is 4.79 Å². The minimum absolute atomic E-state index is 0.149. The minimum atomic E-state index is -0.281. The van der Waals surface area contributed by atoms with E-state index < -0.39 is 0 Å². The molecule has 1 aromatic carbocycles. The molecule has 0 aliphatic carbocycles. The number of fused-ring (bicyclic) bond motifs is 1. The fourth-order valence-corrected chi connectivity index (χ4v) is 3.35. The molecule has 28 heavy (non-hydrogen) atoms. The van der Waals surface area contributed by atoms with Gasteiger partial charge >= 0.3 is 0 Å². The molecule has 0 unspecified atom stereocenters. The molecule has 0 radical (unpaired) electrons. The van der Waals surface area contributed by atoms with Gasteiger partial charge in [-0.25, -0.2) is 0 Å². The maximum atomic E-state index is 12.3. The van der Waals surface area contributed by atoms with Crippen LogP contribution in [0.1, 0.15) is 22.7 Å². The number of hydrogen-bond acceptors (Lipinski definition) is 4. The smallest absolute Gasteiger partial charge is 0.248 e. The summed E-state index contributed by atoms with van der Waals surface area (Å²) in [6, 6.07) is 9.14. The fourth-order valence-electron chi connectivity index (χ4n) is 3.15. The largest absolute Gasteiger partial charge is 0.467 e. The van der Waals surface area contributed by atoms with Gasteiger partial charge in [0.25, 0.3) is 0 Å². The van der Waals surface area contributed by atoms with Gasteiger partial charge in [-0.05, 0) is 43.7 Å². The van der Waals surface area contributed by atoms with Crippen molar-refractivity contribution in [2.45, 2.75) is 20.4 Å². The van der Waals surface area contributed by atoms with E-state index in [-0.39, 0.29) is 12.7 Å². The van der Waals surface area contributed by atoms with Crippen LogP contribution in [0.2, 0.25) is 5.02 Å². The molecule has 1 amide bonds. The number of hydrogen-bond donors (Lipinski definition) is 1. The number of rotatable bonds is 5. The number of halogens is 1. The van der Waals surface area contributed by atoms with Crippen molar-refractivity contribution in [2.24, 2.45) is 0 Å². The molecule has 144 valence electrons. The van der Waals surface area contributed by atoms with Gasteiger partial charge in [0.15, 0.2) is 11.5 Å². The van der Waals surface area contributed by atoms with Crippen LogP contribution in [-0.2, 0) is 11.3 Å². The molecule has 0 fully saturated rings. The van der Waals surface area contributed by atoms with Gasteiger partial charge in [-0.1, -0.05) is 11.6 Å². The van der Waals surface area contributed by atoms with Gasteiger partial charge in [0, 0.05) is 29.6 Å². The highest BCUT2D eigenvalue weighted by Crippen LogP contribution is 2.39. The number of carbonyl (C=O) groups is 1. The molecule has 6 nitrogen and oxygen atoms in total. The number of carbonyl (C=O) groups excluding carboxylic acids is 1. The maximum Gasteiger partial charge on any atom is 0.248 e. The zero-order valence-electron chi connectivity index (χ0n) is 15.5. The quantitative estimate of drug-likeness (QED) is 0.628. The second kappa shape index (κ2) is 7.48. The third-order valence-corrected chi connectivity index (χ3v) is 4.95. The number of benzene rings is 1. The number of nitrogens with zero attached hydrogens (tertiary/aromatic N) is 1. The number of furan rings is 1. The van der Waals surface area contributed by atoms with Crippen molar-refractivity contribution in [3.63, 3.8) is 0 Å².